The van der Waals surface area contributed by atoms with Gasteiger partial charge in [-0.1, -0.05) is 43.1 Å². The fourth-order valence-electron chi connectivity index (χ4n) is 3.75. The number of tetrazole rings is 1. The lowest BCUT2D eigenvalue weighted by atomic mass is 9.78. The molecule has 1 aromatic heterocycles. The molecular weight excluding hydrogens is 405 g/mol. The second kappa shape index (κ2) is 8.23. The van der Waals surface area contributed by atoms with Crippen molar-refractivity contribution in [2.75, 3.05) is 13.1 Å². The van der Waals surface area contributed by atoms with Crippen LogP contribution in [-0.2, 0) is 0 Å². The first kappa shape index (κ1) is 20.8. The third-order valence-corrected chi connectivity index (χ3v) is 6.20. The van der Waals surface area contributed by atoms with E-state index in [0.717, 1.165) is 17.5 Å². The Morgan fingerprint density at radius 2 is 1.89 bits per heavy atom. The van der Waals surface area contributed by atoms with Gasteiger partial charge in [0.15, 0.2) is 0 Å². The summed E-state index contributed by atoms with van der Waals surface area (Å²) in [5, 5.41) is 18.8. The minimum absolute atomic E-state index is 0.0519. The van der Waals surface area contributed by atoms with Gasteiger partial charge in [0.2, 0.25) is 0 Å². The van der Waals surface area contributed by atoms with E-state index in [-0.39, 0.29) is 21.7 Å². The van der Waals surface area contributed by atoms with Gasteiger partial charge in [-0.15, -0.1) is 4.68 Å². The summed E-state index contributed by atoms with van der Waals surface area (Å²) >= 11 is 12.3. The van der Waals surface area contributed by atoms with Gasteiger partial charge in [0.1, 0.15) is 5.69 Å². The zero-order valence-corrected chi connectivity index (χ0v) is 17.3. The molecule has 0 bridgehead atoms. The van der Waals surface area contributed by atoms with Gasteiger partial charge in [-0.3, -0.25) is 0 Å². The number of amides is 1. The van der Waals surface area contributed by atoms with Crippen molar-refractivity contribution >= 4 is 29.2 Å². The largest absolute Gasteiger partial charge is 0.390 e. The summed E-state index contributed by atoms with van der Waals surface area (Å²) in [6, 6.07) is 4.22. The minimum Gasteiger partial charge on any atom is -0.390 e. The first-order valence-corrected chi connectivity index (χ1v) is 10.1. The molecule has 1 amide bonds. The first-order valence-electron chi connectivity index (χ1n) is 9.33. The van der Waals surface area contributed by atoms with E-state index in [9.17, 15) is 14.7 Å². The lowest BCUT2D eigenvalue weighted by Crippen LogP contribution is -2.51. The molecule has 1 aliphatic rings. The second-order valence-electron chi connectivity index (χ2n) is 7.03. The van der Waals surface area contributed by atoms with E-state index < -0.39 is 17.3 Å². The molecule has 0 spiro atoms. The van der Waals surface area contributed by atoms with E-state index in [1.54, 1.807) is 23.1 Å². The zero-order valence-electron chi connectivity index (χ0n) is 15.8. The number of aliphatic hydroxyl groups is 1. The smallest absolute Gasteiger partial charge is 0.377 e. The average Bonchev–Trinajstić information content (AvgIpc) is 3.08. The molecule has 1 fully saturated rings. The Hall–Kier alpha value is -1.90. The molecule has 2 heterocycles. The molecule has 0 saturated carbocycles. The highest BCUT2D eigenvalue weighted by molar-refractivity contribution is 6.37. The number of rotatable bonds is 4. The van der Waals surface area contributed by atoms with Crippen molar-refractivity contribution in [1.82, 2.24) is 24.7 Å². The molecule has 0 aliphatic carbocycles. The van der Waals surface area contributed by atoms with E-state index in [4.69, 9.17) is 23.2 Å². The van der Waals surface area contributed by atoms with Gasteiger partial charge >= 0.3 is 11.7 Å². The topological polar surface area (TPSA) is 93.2 Å². The SMILES string of the molecule is CCC(O)(CC)C1CCCN(C(=O)n2nnn(-c3c(Cl)cccc3Cl)c2=O)C1. The maximum atomic E-state index is 12.9. The third-order valence-electron chi connectivity index (χ3n) is 5.59. The molecule has 2 aromatic rings. The van der Waals surface area contributed by atoms with Crippen molar-refractivity contribution in [3.8, 4) is 5.69 Å². The molecule has 1 N–H and O–H groups in total. The molecule has 10 heteroatoms. The Labute approximate surface area is 172 Å². The van der Waals surface area contributed by atoms with Crippen molar-refractivity contribution in [2.45, 2.75) is 45.1 Å². The van der Waals surface area contributed by atoms with Crippen LogP contribution in [0.1, 0.15) is 39.5 Å². The Balaban J connectivity index is 1.88. The molecule has 152 valence electrons. The van der Waals surface area contributed by atoms with E-state index in [1.165, 1.54) is 0 Å². The molecule has 0 radical (unpaired) electrons. The number of halogens is 2. The van der Waals surface area contributed by atoms with Crippen molar-refractivity contribution in [2.24, 2.45) is 5.92 Å². The highest BCUT2D eigenvalue weighted by atomic mass is 35.5. The van der Waals surface area contributed by atoms with Crippen LogP contribution in [-0.4, -0.2) is 54.5 Å². The zero-order chi connectivity index (χ0) is 20.5. The number of para-hydroxylation sites is 1. The number of carbonyl (C=O) groups excluding carboxylic acids is 1. The molecule has 1 atom stereocenters. The number of benzene rings is 1. The van der Waals surface area contributed by atoms with Gasteiger partial charge in [-0.2, -0.15) is 4.68 Å². The number of aromatic nitrogens is 4. The van der Waals surface area contributed by atoms with Gasteiger partial charge < -0.3 is 10.0 Å². The van der Waals surface area contributed by atoms with Gasteiger partial charge in [-0.05, 0) is 48.2 Å². The fraction of sp³-hybridized carbons (Fsp3) is 0.556. The third kappa shape index (κ3) is 3.68. The van der Waals surface area contributed by atoms with Crippen LogP contribution in [0.2, 0.25) is 10.0 Å². The summed E-state index contributed by atoms with van der Waals surface area (Å²) in [7, 11) is 0. The molecule has 28 heavy (non-hydrogen) atoms. The van der Waals surface area contributed by atoms with E-state index in [1.807, 2.05) is 13.8 Å². The monoisotopic (exact) mass is 427 g/mol. The number of piperidine rings is 1. The fourth-order valence-corrected chi connectivity index (χ4v) is 4.31. The summed E-state index contributed by atoms with van der Waals surface area (Å²) in [6.45, 7) is 4.73. The van der Waals surface area contributed by atoms with Crippen LogP contribution in [0.25, 0.3) is 5.69 Å². The quantitative estimate of drug-likeness (QED) is 0.756. The van der Waals surface area contributed by atoms with Crippen LogP contribution in [0, 0.1) is 5.92 Å². The number of hydrogen-bond donors (Lipinski definition) is 1. The van der Waals surface area contributed by atoms with Crippen molar-refractivity contribution < 1.29 is 9.90 Å². The van der Waals surface area contributed by atoms with Crippen LogP contribution in [0.3, 0.4) is 0 Å². The summed E-state index contributed by atoms with van der Waals surface area (Å²) in [5.41, 5.74) is -1.40. The molecule has 1 saturated heterocycles. The predicted molar refractivity (Wildman–Crippen MR) is 106 cm³/mol. The highest BCUT2D eigenvalue weighted by Crippen LogP contribution is 2.32. The highest BCUT2D eigenvalue weighted by Gasteiger charge is 2.38. The van der Waals surface area contributed by atoms with Crippen LogP contribution in [0.5, 0.6) is 0 Å². The molecule has 3 rings (SSSR count). The van der Waals surface area contributed by atoms with E-state index in [2.05, 4.69) is 10.4 Å². The lowest BCUT2D eigenvalue weighted by Gasteiger charge is -2.41. The molecule has 1 unspecified atom stereocenters. The standard InChI is InChI=1S/C18H23Cl2N5O3/c1-3-18(28,4-2)12-7-6-10-23(11-12)16(26)25-17(27)24(21-22-25)15-13(19)8-5-9-14(15)20/h5,8-9,12,28H,3-4,6-7,10-11H2,1-2H3. The summed E-state index contributed by atoms with van der Waals surface area (Å²) in [5.74, 6) is -0.0519. The average molecular weight is 428 g/mol. The Morgan fingerprint density at radius 3 is 2.50 bits per heavy atom. The number of nitrogens with zero attached hydrogens (tertiary/aromatic N) is 5. The van der Waals surface area contributed by atoms with Gasteiger partial charge in [0.25, 0.3) is 0 Å². The van der Waals surface area contributed by atoms with E-state index in [0.29, 0.717) is 30.6 Å². The number of carbonyl (C=O) groups is 1. The van der Waals surface area contributed by atoms with Crippen LogP contribution < -0.4 is 5.69 Å². The Bertz CT molecular complexity index is 902. The Morgan fingerprint density at radius 1 is 1.25 bits per heavy atom. The van der Waals surface area contributed by atoms with Gasteiger partial charge in [-0.25, -0.2) is 9.59 Å². The molecule has 8 nitrogen and oxygen atoms in total. The first-order chi connectivity index (χ1) is 13.3. The Kier molecular flexibility index (Phi) is 6.12. The molecule has 1 aromatic carbocycles. The predicted octanol–water partition coefficient (Wildman–Crippen LogP) is 2.97. The number of likely N-dealkylation sites (tertiary alicyclic amines) is 1. The van der Waals surface area contributed by atoms with Crippen molar-refractivity contribution in [3.63, 3.8) is 0 Å². The van der Waals surface area contributed by atoms with Crippen LogP contribution in [0.15, 0.2) is 23.0 Å². The summed E-state index contributed by atoms with van der Waals surface area (Å²) in [6.07, 6.45) is 2.80. The van der Waals surface area contributed by atoms with Gasteiger partial charge in [0.05, 0.1) is 15.6 Å². The maximum Gasteiger partial charge on any atom is 0.377 e. The maximum absolute atomic E-state index is 12.9. The van der Waals surface area contributed by atoms with Gasteiger partial charge in [0, 0.05) is 19.0 Å². The molecular formula is C18H23Cl2N5O3. The number of hydrogen-bond acceptors (Lipinski definition) is 5. The van der Waals surface area contributed by atoms with Crippen LogP contribution in [0.4, 0.5) is 4.79 Å². The van der Waals surface area contributed by atoms with E-state index >= 15 is 0 Å². The molecule has 1 aliphatic heterocycles. The minimum atomic E-state index is -0.827. The normalized spacial score (nSPS) is 17.8. The summed E-state index contributed by atoms with van der Waals surface area (Å²) in [4.78, 5) is 27.2. The summed E-state index contributed by atoms with van der Waals surface area (Å²) < 4.78 is 1.62. The second-order valence-corrected chi connectivity index (χ2v) is 7.85. The van der Waals surface area contributed by atoms with Crippen molar-refractivity contribution in [3.05, 3.63) is 38.7 Å². The lowest BCUT2D eigenvalue weighted by molar-refractivity contribution is -0.0475. The van der Waals surface area contributed by atoms with Crippen LogP contribution >= 0.6 is 23.2 Å². The van der Waals surface area contributed by atoms with Crippen molar-refractivity contribution in [1.29, 1.82) is 0 Å².